The van der Waals surface area contributed by atoms with Gasteiger partial charge in [-0.15, -0.1) is 0 Å². The zero-order valence-electron chi connectivity index (χ0n) is 14.2. The summed E-state index contributed by atoms with van der Waals surface area (Å²) in [7, 11) is 0.993. The molecule has 2 atom stereocenters. The van der Waals surface area contributed by atoms with E-state index in [1.165, 1.54) is 6.26 Å². The first kappa shape index (κ1) is 18.4. The quantitative estimate of drug-likeness (QED) is 0.693. The molecule has 2 heterocycles. The minimum Gasteiger partial charge on any atom is -0.337 e. The van der Waals surface area contributed by atoms with Crippen molar-refractivity contribution in [3.63, 3.8) is 0 Å². The number of nitrogens with zero attached hydrogens (tertiary/aromatic N) is 4. The number of halogens is 1. The van der Waals surface area contributed by atoms with Crippen molar-refractivity contribution in [2.75, 3.05) is 38.7 Å². The highest BCUT2D eigenvalue weighted by molar-refractivity contribution is 7.90. The molecule has 1 aliphatic heterocycles. The van der Waals surface area contributed by atoms with E-state index in [4.69, 9.17) is 0 Å². The van der Waals surface area contributed by atoms with Crippen LogP contribution in [0.5, 0.6) is 0 Å². The van der Waals surface area contributed by atoms with Crippen LogP contribution in [-0.4, -0.2) is 78.7 Å². The molecule has 1 aromatic rings. The Bertz CT molecular complexity index is 604. The molecule has 2 rings (SSSR count). The third-order valence-electron chi connectivity index (χ3n) is 4.32. The summed E-state index contributed by atoms with van der Waals surface area (Å²) in [6.45, 7) is 2.53. The normalized spacial score (nSPS) is 23.0. The van der Waals surface area contributed by atoms with Gasteiger partial charge < -0.3 is 9.47 Å². The SMILES string of the molecule is CN(CCCS(C)(=O)=O)C[C@@H]1C[C@H](F)CN1Cc1nccn1C. The minimum absolute atomic E-state index is 0.143. The summed E-state index contributed by atoms with van der Waals surface area (Å²) in [6.07, 6.45) is 5.24. The Labute approximate surface area is 138 Å². The maximum Gasteiger partial charge on any atom is 0.147 e. The van der Waals surface area contributed by atoms with Crippen LogP contribution < -0.4 is 0 Å². The van der Waals surface area contributed by atoms with Gasteiger partial charge >= 0.3 is 0 Å². The topological polar surface area (TPSA) is 58.4 Å². The molecule has 23 heavy (non-hydrogen) atoms. The molecule has 1 fully saturated rings. The highest BCUT2D eigenvalue weighted by Crippen LogP contribution is 2.23. The highest BCUT2D eigenvalue weighted by atomic mass is 32.2. The molecule has 6 nitrogen and oxygen atoms in total. The lowest BCUT2D eigenvalue weighted by molar-refractivity contribution is 0.179. The van der Waals surface area contributed by atoms with Gasteiger partial charge in [-0.2, -0.15) is 0 Å². The van der Waals surface area contributed by atoms with E-state index in [1.54, 1.807) is 6.20 Å². The van der Waals surface area contributed by atoms with Crippen LogP contribution in [0.25, 0.3) is 0 Å². The summed E-state index contributed by atoms with van der Waals surface area (Å²) in [6, 6.07) is 0.143. The Morgan fingerprint density at radius 3 is 2.83 bits per heavy atom. The predicted octanol–water partition coefficient (Wildman–Crippen LogP) is 0.699. The van der Waals surface area contributed by atoms with Crippen LogP contribution in [0.1, 0.15) is 18.7 Å². The lowest BCUT2D eigenvalue weighted by Gasteiger charge is -2.28. The van der Waals surface area contributed by atoms with Gasteiger partial charge in [-0.3, -0.25) is 4.90 Å². The molecule has 0 aromatic carbocycles. The van der Waals surface area contributed by atoms with E-state index in [9.17, 15) is 12.8 Å². The van der Waals surface area contributed by atoms with Crippen molar-refractivity contribution >= 4 is 9.84 Å². The maximum atomic E-state index is 13.8. The van der Waals surface area contributed by atoms with Crippen molar-refractivity contribution in [2.24, 2.45) is 7.05 Å². The molecular weight excluding hydrogens is 319 g/mol. The molecule has 1 saturated heterocycles. The Morgan fingerprint density at radius 2 is 2.22 bits per heavy atom. The molecule has 0 N–H and O–H groups in total. The van der Waals surface area contributed by atoms with Crippen molar-refractivity contribution in [3.05, 3.63) is 18.2 Å². The standard InChI is InChI=1S/C15H27FN4O2S/c1-18(6-4-8-23(3,21)22)11-14-9-13(16)10-20(14)12-15-17-5-7-19(15)2/h5,7,13-14H,4,6,8-12H2,1-3H3/t13-,14-/m0/s1. The van der Waals surface area contributed by atoms with Crippen LogP contribution >= 0.6 is 0 Å². The average Bonchev–Trinajstić information content (AvgIpc) is 2.95. The lowest BCUT2D eigenvalue weighted by atomic mass is 10.2. The number of imidazole rings is 1. The van der Waals surface area contributed by atoms with E-state index in [2.05, 4.69) is 14.8 Å². The Balaban J connectivity index is 1.85. The van der Waals surface area contributed by atoms with Crippen LogP contribution in [0.3, 0.4) is 0 Å². The second-order valence-electron chi connectivity index (χ2n) is 6.62. The van der Waals surface area contributed by atoms with Crippen molar-refractivity contribution in [3.8, 4) is 0 Å². The second kappa shape index (κ2) is 7.72. The first-order valence-electron chi connectivity index (χ1n) is 7.95. The number of likely N-dealkylation sites (N-methyl/N-ethyl adjacent to an activating group) is 1. The van der Waals surface area contributed by atoms with Crippen molar-refractivity contribution in [2.45, 2.75) is 31.6 Å². The zero-order chi connectivity index (χ0) is 17.0. The van der Waals surface area contributed by atoms with Crippen molar-refractivity contribution < 1.29 is 12.8 Å². The summed E-state index contributed by atoms with van der Waals surface area (Å²) in [5, 5.41) is 0. The van der Waals surface area contributed by atoms with Gasteiger partial charge in [0.1, 0.15) is 21.8 Å². The van der Waals surface area contributed by atoms with Gasteiger partial charge in [0.25, 0.3) is 0 Å². The summed E-state index contributed by atoms with van der Waals surface area (Å²) in [4.78, 5) is 8.55. The molecule has 132 valence electrons. The van der Waals surface area contributed by atoms with Crippen LogP contribution in [0, 0.1) is 0 Å². The molecule has 0 unspecified atom stereocenters. The van der Waals surface area contributed by atoms with E-state index in [0.717, 1.165) is 12.4 Å². The van der Waals surface area contributed by atoms with E-state index >= 15 is 0 Å². The smallest absolute Gasteiger partial charge is 0.147 e. The number of hydrogen-bond donors (Lipinski definition) is 0. The second-order valence-corrected chi connectivity index (χ2v) is 8.88. The Morgan fingerprint density at radius 1 is 1.48 bits per heavy atom. The molecule has 0 aliphatic carbocycles. The molecule has 0 saturated carbocycles. The third kappa shape index (κ3) is 5.86. The van der Waals surface area contributed by atoms with Crippen LogP contribution in [0.4, 0.5) is 4.39 Å². The van der Waals surface area contributed by atoms with E-state index < -0.39 is 16.0 Å². The van der Waals surface area contributed by atoms with Gasteiger partial charge in [0, 0.05) is 44.8 Å². The number of sulfone groups is 1. The molecule has 0 spiro atoms. The van der Waals surface area contributed by atoms with Crippen molar-refractivity contribution in [1.82, 2.24) is 19.4 Å². The zero-order valence-corrected chi connectivity index (χ0v) is 15.0. The van der Waals surface area contributed by atoms with E-state index in [-0.39, 0.29) is 11.8 Å². The molecule has 1 aromatic heterocycles. The van der Waals surface area contributed by atoms with Crippen LogP contribution in [0.15, 0.2) is 12.4 Å². The number of likely N-dealkylation sites (tertiary alicyclic amines) is 1. The molecular formula is C15H27FN4O2S. The lowest BCUT2D eigenvalue weighted by Crippen LogP contribution is -2.39. The predicted molar refractivity (Wildman–Crippen MR) is 88.7 cm³/mol. The fraction of sp³-hybridized carbons (Fsp3) is 0.800. The average molecular weight is 346 g/mol. The number of hydrogen-bond acceptors (Lipinski definition) is 5. The first-order chi connectivity index (χ1) is 10.7. The Kier molecular flexibility index (Phi) is 6.16. The molecule has 8 heteroatoms. The number of aryl methyl sites for hydroxylation is 1. The minimum atomic E-state index is -2.91. The molecule has 0 radical (unpaired) electrons. The fourth-order valence-corrected chi connectivity index (χ4v) is 3.74. The summed E-state index contributed by atoms with van der Waals surface area (Å²) in [5.41, 5.74) is 0. The van der Waals surface area contributed by atoms with Gasteiger partial charge in [0.05, 0.1) is 12.3 Å². The van der Waals surface area contributed by atoms with Gasteiger partial charge in [-0.05, 0) is 26.4 Å². The molecule has 0 amide bonds. The largest absolute Gasteiger partial charge is 0.337 e. The summed E-state index contributed by atoms with van der Waals surface area (Å²) in [5.74, 6) is 1.13. The summed E-state index contributed by atoms with van der Waals surface area (Å²) >= 11 is 0. The fourth-order valence-electron chi connectivity index (χ4n) is 3.08. The first-order valence-corrected chi connectivity index (χ1v) is 10.0. The van der Waals surface area contributed by atoms with Crippen LogP contribution in [-0.2, 0) is 23.4 Å². The number of alkyl halides is 1. The maximum absolute atomic E-state index is 13.8. The molecule has 1 aliphatic rings. The summed E-state index contributed by atoms with van der Waals surface area (Å²) < 4.78 is 38.2. The van der Waals surface area contributed by atoms with Crippen LogP contribution in [0.2, 0.25) is 0 Å². The Hall–Kier alpha value is -0.990. The van der Waals surface area contributed by atoms with Gasteiger partial charge in [0.2, 0.25) is 0 Å². The van der Waals surface area contributed by atoms with E-state index in [1.807, 2.05) is 24.9 Å². The van der Waals surface area contributed by atoms with Gasteiger partial charge in [-0.25, -0.2) is 17.8 Å². The monoisotopic (exact) mass is 346 g/mol. The van der Waals surface area contributed by atoms with E-state index in [0.29, 0.717) is 32.5 Å². The highest BCUT2D eigenvalue weighted by Gasteiger charge is 2.33. The number of rotatable bonds is 8. The third-order valence-corrected chi connectivity index (χ3v) is 5.35. The van der Waals surface area contributed by atoms with Gasteiger partial charge in [0.15, 0.2) is 0 Å². The van der Waals surface area contributed by atoms with Crippen molar-refractivity contribution in [1.29, 1.82) is 0 Å². The molecule has 0 bridgehead atoms. The van der Waals surface area contributed by atoms with Gasteiger partial charge in [-0.1, -0.05) is 0 Å². The number of aromatic nitrogens is 2.